The highest BCUT2D eigenvalue weighted by Gasteiger charge is 2.22. The van der Waals surface area contributed by atoms with Crippen molar-refractivity contribution in [1.29, 1.82) is 0 Å². The molecule has 0 saturated heterocycles. The van der Waals surface area contributed by atoms with E-state index in [0.29, 0.717) is 5.13 Å². The maximum absolute atomic E-state index is 11.9. The summed E-state index contributed by atoms with van der Waals surface area (Å²) < 4.78 is 0. The van der Waals surface area contributed by atoms with E-state index in [1.807, 2.05) is 19.2 Å². The Morgan fingerprint density at radius 3 is 2.61 bits per heavy atom. The van der Waals surface area contributed by atoms with Gasteiger partial charge in [-0.25, -0.2) is 4.98 Å². The van der Waals surface area contributed by atoms with Crippen molar-refractivity contribution in [3.8, 4) is 0 Å². The van der Waals surface area contributed by atoms with Gasteiger partial charge in [0.05, 0.1) is 11.7 Å². The van der Waals surface area contributed by atoms with E-state index >= 15 is 0 Å². The third-order valence-corrected chi connectivity index (χ3v) is 3.82. The van der Waals surface area contributed by atoms with Gasteiger partial charge in [0, 0.05) is 10.8 Å². The molecule has 5 heteroatoms. The number of amides is 1. The lowest BCUT2D eigenvalue weighted by molar-refractivity contribution is -0.118. The van der Waals surface area contributed by atoms with Crippen LogP contribution in [0, 0.1) is 5.92 Å². The minimum atomic E-state index is -0.475. The van der Waals surface area contributed by atoms with Gasteiger partial charge in [-0.1, -0.05) is 41.0 Å². The molecule has 3 N–H and O–H groups in total. The van der Waals surface area contributed by atoms with E-state index in [1.165, 1.54) is 11.3 Å². The first-order chi connectivity index (χ1) is 8.25. The molecule has 0 bridgehead atoms. The summed E-state index contributed by atoms with van der Waals surface area (Å²) in [6, 6.07) is -0.475. The molecule has 0 aromatic carbocycles. The van der Waals surface area contributed by atoms with E-state index in [4.69, 9.17) is 5.73 Å². The number of carbonyl (C=O) groups is 1. The third kappa shape index (κ3) is 3.78. The van der Waals surface area contributed by atoms with Gasteiger partial charge in [0.25, 0.3) is 0 Å². The number of hydrogen-bond acceptors (Lipinski definition) is 4. The number of rotatable bonds is 4. The summed E-state index contributed by atoms with van der Waals surface area (Å²) in [5.41, 5.74) is 6.86. The van der Waals surface area contributed by atoms with Crippen LogP contribution in [0.4, 0.5) is 5.13 Å². The van der Waals surface area contributed by atoms with Gasteiger partial charge in [0.2, 0.25) is 5.91 Å². The molecule has 0 aliphatic rings. The summed E-state index contributed by atoms with van der Waals surface area (Å²) in [7, 11) is 0. The first-order valence-electron chi connectivity index (χ1n) is 6.28. The summed E-state index contributed by atoms with van der Waals surface area (Å²) in [4.78, 5) is 16.3. The first kappa shape index (κ1) is 15.1. The van der Waals surface area contributed by atoms with Crippen molar-refractivity contribution in [2.45, 2.75) is 52.5 Å². The molecule has 1 amide bonds. The predicted octanol–water partition coefficient (Wildman–Crippen LogP) is 2.75. The van der Waals surface area contributed by atoms with Gasteiger partial charge in [-0.15, -0.1) is 11.3 Å². The second kappa shape index (κ2) is 5.80. The van der Waals surface area contributed by atoms with Gasteiger partial charge in [-0.2, -0.15) is 0 Å². The third-order valence-electron chi connectivity index (χ3n) is 3.06. The molecule has 0 radical (unpaired) electrons. The van der Waals surface area contributed by atoms with Crippen LogP contribution in [0.25, 0.3) is 0 Å². The van der Waals surface area contributed by atoms with Gasteiger partial charge < -0.3 is 11.1 Å². The maximum atomic E-state index is 11.9. The summed E-state index contributed by atoms with van der Waals surface area (Å²) in [6.45, 7) is 10.3. The highest BCUT2D eigenvalue weighted by Crippen LogP contribution is 2.26. The van der Waals surface area contributed by atoms with Crippen molar-refractivity contribution in [1.82, 2.24) is 4.98 Å². The van der Waals surface area contributed by atoms with Crippen molar-refractivity contribution in [2.24, 2.45) is 11.7 Å². The lowest BCUT2D eigenvalue weighted by Crippen LogP contribution is -2.40. The van der Waals surface area contributed by atoms with Crippen LogP contribution in [0.15, 0.2) is 5.38 Å². The number of thiazole rings is 1. The predicted molar refractivity (Wildman–Crippen MR) is 76.9 cm³/mol. The summed E-state index contributed by atoms with van der Waals surface area (Å²) in [5, 5.41) is 5.40. The van der Waals surface area contributed by atoms with Crippen molar-refractivity contribution in [3.05, 3.63) is 11.1 Å². The number of aromatic nitrogens is 1. The second-order valence-electron chi connectivity index (χ2n) is 5.69. The largest absolute Gasteiger partial charge is 0.320 e. The molecule has 0 saturated carbocycles. The Kier molecular flexibility index (Phi) is 4.87. The Morgan fingerprint density at radius 1 is 1.56 bits per heavy atom. The molecule has 1 aromatic heterocycles. The number of nitrogens with two attached hydrogens (primary N) is 1. The number of hydrogen-bond donors (Lipinski definition) is 2. The quantitative estimate of drug-likeness (QED) is 0.883. The molecule has 102 valence electrons. The van der Waals surface area contributed by atoms with Crippen molar-refractivity contribution < 1.29 is 4.79 Å². The lowest BCUT2D eigenvalue weighted by atomic mass is 9.93. The van der Waals surface area contributed by atoms with Crippen LogP contribution in [-0.4, -0.2) is 16.9 Å². The molecule has 0 aliphatic heterocycles. The minimum absolute atomic E-state index is 0.00168. The van der Waals surface area contributed by atoms with E-state index < -0.39 is 6.04 Å². The molecule has 0 spiro atoms. The Bertz CT molecular complexity index is 409. The first-order valence-corrected chi connectivity index (χ1v) is 7.16. The van der Waals surface area contributed by atoms with Gasteiger partial charge >= 0.3 is 0 Å². The highest BCUT2D eigenvalue weighted by atomic mass is 32.1. The highest BCUT2D eigenvalue weighted by molar-refractivity contribution is 7.13. The molecular formula is C13H23N3OS. The molecule has 2 unspecified atom stereocenters. The Balaban J connectivity index is 2.68. The van der Waals surface area contributed by atoms with Crippen LogP contribution < -0.4 is 11.1 Å². The molecule has 4 nitrogen and oxygen atoms in total. The average molecular weight is 269 g/mol. The second-order valence-corrected chi connectivity index (χ2v) is 6.55. The summed E-state index contributed by atoms with van der Waals surface area (Å²) in [5.74, 6) is 0.0196. The molecule has 18 heavy (non-hydrogen) atoms. The lowest BCUT2D eigenvalue weighted by Gasteiger charge is -2.17. The van der Waals surface area contributed by atoms with Crippen molar-refractivity contribution in [2.75, 3.05) is 5.32 Å². The van der Waals surface area contributed by atoms with E-state index in [2.05, 4.69) is 31.1 Å². The SMILES string of the molecule is CCC(C)C(N)C(=O)Nc1nc(C(C)(C)C)cs1. The van der Waals surface area contributed by atoms with Crippen LogP contribution in [-0.2, 0) is 10.2 Å². The fraction of sp³-hybridized carbons (Fsp3) is 0.692. The number of anilines is 1. The Morgan fingerprint density at radius 2 is 2.17 bits per heavy atom. The molecule has 0 fully saturated rings. The van der Waals surface area contributed by atoms with Crippen molar-refractivity contribution >= 4 is 22.4 Å². The van der Waals surface area contributed by atoms with Crippen LogP contribution in [0.2, 0.25) is 0 Å². The monoisotopic (exact) mass is 269 g/mol. The van der Waals surface area contributed by atoms with E-state index in [1.54, 1.807) is 0 Å². The molecule has 1 rings (SSSR count). The Labute approximate surface area is 113 Å². The minimum Gasteiger partial charge on any atom is -0.320 e. The van der Waals surface area contributed by atoms with Gasteiger partial charge in [0.15, 0.2) is 5.13 Å². The fourth-order valence-corrected chi connectivity index (χ4v) is 2.32. The molecule has 1 heterocycles. The van der Waals surface area contributed by atoms with E-state index in [-0.39, 0.29) is 17.2 Å². The van der Waals surface area contributed by atoms with Crippen molar-refractivity contribution in [3.63, 3.8) is 0 Å². The molecule has 0 aliphatic carbocycles. The van der Waals surface area contributed by atoms with Crippen LogP contribution in [0.1, 0.15) is 46.7 Å². The number of carbonyl (C=O) groups excluding carboxylic acids is 1. The summed E-state index contributed by atoms with van der Waals surface area (Å²) >= 11 is 1.44. The molecule has 1 aromatic rings. The van der Waals surface area contributed by atoms with Crippen LogP contribution >= 0.6 is 11.3 Å². The average Bonchev–Trinajstić information content (AvgIpc) is 2.75. The van der Waals surface area contributed by atoms with E-state index in [9.17, 15) is 4.79 Å². The van der Waals surface area contributed by atoms with Gasteiger partial charge in [-0.3, -0.25) is 4.79 Å². The Hall–Kier alpha value is -0.940. The zero-order valence-electron chi connectivity index (χ0n) is 11.8. The standard InChI is InChI=1S/C13H23N3OS/c1-6-8(2)10(14)11(17)16-12-15-9(7-18-12)13(3,4)5/h7-8,10H,6,14H2,1-5H3,(H,15,16,17). The number of nitrogens with zero attached hydrogens (tertiary/aromatic N) is 1. The summed E-state index contributed by atoms with van der Waals surface area (Å²) in [6.07, 6.45) is 0.889. The zero-order valence-corrected chi connectivity index (χ0v) is 12.6. The number of nitrogens with one attached hydrogen (secondary N) is 1. The van der Waals surface area contributed by atoms with Gasteiger partial charge in [0.1, 0.15) is 0 Å². The van der Waals surface area contributed by atoms with Crippen LogP contribution in [0.5, 0.6) is 0 Å². The molecular weight excluding hydrogens is 246 g/mol. The van der Waals surface area contributed by atoms with Crippen LogP contribution in [0.3, 0.4) is 0 Å². The fourth-order valence-electron chi connectivity index (χ4n) is 1.38. The van der Waals surface area contributed by atoms with E-state index in [0.717, 1.165) is 12.1 Å². The molecule has 2 atom stereocenters. The van der Waals surface area contributed by atoms with Gasteiger partial charge in [-0.05, 0) is 5.92 Å². The normalized spacial score (nSPS) is 15.2. The zero-order chi connectivity index (χ0) is 13.9. The topological polar surface area (TPSA) is 68.0 Å². The maximum Gasteiger partial charge on any atom is 0.243 e. The smallest absolute Gasteiger partial charge is 0.243 e.